The summed E-state index contributed by atoms with van der Waals surface area (Å²) in [6, 6.07) is 1.34. The lowest BCUT2D eigenvalue weighted by Crippen LogP contribution is -2.19. The van der Waals surface area contributed by atoms with Crippen LogP contribution in [0.2, 0.25) is 0 Å². The molecule has 0 fully saturated rings. The highest BCUT2D eigenvalue weighted by Gasteiger charge is 2.23. The van der Waals surface area contributed by atoms with Crippen molar-refractivity contribution in [1.82, 2.24) is 4.98 Å². The fourth-order valence-electron chi connectivity index (χ4n) is 1.44. The molecular formula is C13H20FNO. The van der Waals surface area contributed by atoms with Crippen LogP contribution >= 0.6 is 0 Å². The zero-order valence-corrected chi connectivity index (χ0v) is 10.4. The molecule has 1 heterocycles. The van der Waals surface area contributed by atoms with Crippen LogP contribution in [0.25, 0.3) is 0 Å². The molecule has 0 bridgehead atoms. The molecule has 2 unspecified atom stereocenters. The number of hydrogen-bond acceptors (Lipinski definition) is 2. The van der Waals surface area contributed by atoms with Gasteiger partial charge in [-0.3, -0.25) is 4.98 Å². The quantitative estimate of drug-likeness (QED) is 0.856. The van der Waals surface area contributed by atoms with Gasteiger partial charge in [-0.2, -0.15) is 0 Å². The van der Waals surface area contributed by atoms with E-state index in [1.54, 1.807) is 0 Å². The maximum absolute atomic E-state index is 12.9. The first-order chi connectivity index (χ1) is 7.30. The molecule has 0 amide bonds. The molecule has 16 heavy (non-hydrogen) atoms. The first-order valence-electron chi connectivity index (χ1n) is 5.59. The Hall–Kier alpha value is -0.960. The van der Waals surface area contributed by atoms with Crippen molar-refractivity contribution in [2.24, 2.45) is 11.3 Å². The van der Waals surface area contributed by atoms with E-state index in [9.17, 15) is 9.50 Å². The van der Waals surface area contributed by atoms with Gasteiger partial charge in [0, 0.05) is 11.8 Å². The van der Waals surface area contributed by atoms with E-state index in [2.05, 4.69) is 32.7 Å². The average molecular weight is 225 g/mol. The molecule has 0 saturated carbocycles. The number of rotatable bonds is 3. The number of aliphatic hydroxyl groups is 1. The molecule has 0 aliphatic carbocycles. The SMILES string of the molecule is CC(CC(O)c1cncc(F)c1)C(C)(C)C. The van der Waals surface area contributed by atoms with Crippen LogP contribution < -0.4 is 0 Å². The Morgan fingerprint density at radius 2 is 2.00 bits per heavy atom. The summed E-state index contributed by atoms with van der Waals surface area (Å²) in [7, 11) is 0. The number of pyridine rings is 1. The molecule has 0 aliphatic rings. The van der Waals surface area contributed by atoms with Gasteiger partial charge >= 0.3 is 0 Å². The second-order valence-corrected chi connectivity index (χ2v) is 5.46. The van der Waals surface area contributed by atoms with Gasteiger partial charge in [-0.05, 0) is 23.8 Å². The van der Waals surface area contributed by atoms with E-state index >= 15 is 0 Å². The monoisotopic (exact) mass is 225 g/mol. The minimum Gasteiger partial charge on any atom is -0.388 e. The molecule has 1 aromatic heterocycles. The molecule has 1 N–H and O–H groups in total. The minimum absolute atomic E-state index is 0.141. The second-order valence-electron chi connectivity index (χ2n) is 5.46. The summed E-state index contributed by atoms with van der Waals surface area (Å²) in [6.07, 6.45) is 2.64. The molecule has 1 rings (SSSR count). The van der Waals surface area contributed by atoms with Crippen molar-refractivity contribution in [3.05, 3.63) is 29.8 Å². The third-order valence-electron chi connectivity index (χ3n) is 3.17. The van der Waals surface area contributed by atoms with Crippen LogP contribution in [0.3, 0.4) is 0 Å². The summed E-state index contributed by atoms with van der Waals surface area (Å²) >= 11 is 0. The van der Waals surface area contributed by atoms with Crippen molar-refractivity contribution < 1.29 is 9.50 Å². The summed E-state index contributed by atoms with van der Waals surface area (Å²) in [4.78, 5) is 3.74. The highest BCUT2D eigenvalue weighted by molar-refractivity contribution is 5.13. The van der Waals surface area contributed by atoms with Crippen molar-refractivity contribution >= 4 is 0 Å². The topological polar surface area (TPSA) is 33.1 Å². The zero-order chi connectivity index (χ0) is 12.3. The van der Waals surface area contributed by atoms with Gasteiger partial charge in [0.15, 0.2) is 0 Å². The first-order valence-corrected chi connectivity index (χ1v) is 5.59. The van der Waals surface area contributed by atoms with E-state index < -0.39 is 11.9 Å². The Morgan fingerprint density at radius 1 is 1.38 bits per heavy atom. The van der Waals surface area contributed by atoms with Crippen LogP contribution in [-0.4, -0.2) is 10.1 Å². The van der Waals surface area contributed by atoms with Crippen LogP contribution in [0.5, 0.6) is 0 Å². The van der Waals surface area contributed by atoms with E-state index in [4.69, 9.17) is 0 Å². The van der Waals surface area contributed by atoms with Crippen molar-refractivity contribution in [2.45, 2.75) is 40.2 Å². The van der Waals surface area contributed by atoms with Gasteiger partial charge in [0.2, 0.25) is 0 Å². The molecule has 2 nitrogen and oxygen atoms in total. The lowest BCUT2D eigenvalue weighted by Gasteiger charge is -2.29. The predicted molar refractivity (Wildman–Crippen MR) is 62.4 cm³/mol. The maximum Gasteiger partial charge on any atom is 0.141 e. The fourth-order valence-corrected chi connectivity index (χ4v) is 1.44. The van der Waals surface area contributed by atoms with Crippen LogP contribution in [0.15, 0.2) is 18.5 Å². The van der Waals surface area contributed by atoms with E-state index in [1.165, 1.54) is 12.3 Å². The zero-order valence-electron chi connectivity index (χ0n) is 10.4. The fraction of sp³-hybridized carbons (Fsp3) is 0.615. The largest absolute Gasteiger partial charge is 0.388 e. The molecule has 0 spiro atoms. The standard InChI is InChI=1S/C13H20FNO/c1-9(13(2,3)4)5-12(16)10-6-11(14)8-15-7-10/h6-9,12,16H,5H2,1-4H3. The molecule has 0 saturated heterocycles. The van der Waals surface area contributed by atoms with Crippen molar-refractivity contribution in [1.29, 1.82) is 0 Å². The first kappa shape index (κ1) is 13.1. The molecular weight excluding hydrogens is 205 g/mol. The van der Waals surface area contributed by atoms with Crippen molar-refractivity contribution in [3.63, 3.8) is 0 Å². The van der Waals surface area contributed by atoms with Gasteiger partial charge in [0.1, 0.15) is 5.82 Å². The number of halogens is 1. The lowest BCUT2D eigenvalue weighted by atomic mass is 9.78. The van der Waals surface area contributed by atoms with Crippen molar-refractivity contribution in [3.8, 4) is 0 Å². The molecule has 0 aromatic carbocycles. The second kappa shape index (κ2) is 4.91. The molecule has 2 atom stereocenters. The molecule has 3 heteroatoms. The summed E-state index contributed by atoms with van der Waals surface area (Å²) in [5.74, 6) is -0.0503. The number of aromatic nitrogens is 1. The van der Waals surface area contributed by atoms with Gasteiger partial charge in [0.25, 0.3) is 0 Å². The van der Waals surface area contributed by atoms with E-state index in [1.807, 2.05) is 0 Å². The Kier molecular flexibility index (Phi) is 4.03. The smallest absolute Gasteiger partial charge is 0.141 e. The normalized spacial score (nSPS) is 15.9. The number of aliphatic hydroxyl groups excluding tert-OH is 1. The van der Waals surface area contributed by atoms with Gasteiger partial charge < -0.3 is 5.11 Å². The summed E-state index contributed by atoms with van der Waals surface area (Å²) in [5, 5.41) is 9.97. The minimum atomic E-state index is -0.641. The summed E-state index contributed by atoms with van der Waals surface area (Å²) in [6.45, 7) is 8.49. The number of hydrogen-bond donors (Lipinski definition) is 1. The Morgan fingerprint density at radius 3 is 2.50 bits per heavy atom. The van der Waals surface area contributed by atoms with Crippen molar-refractivity contribution in [2.75, 3.05) is 0 Å². The summed E-state index contributed by atoms with van der Waals surface area (Å²) in [5.41, 5.74) is 0.693. The highest BCUT2D eigenvalue weighted by Crippen LogP contribution is 2.33. The lowest BCUT2D eigenvalue weighted by molar-refractivity contribution is 0.110. The molecule has 0 radical (unpaired) electrons. The van der Waals surface area contributed by atoms with Gasteiger partial charge in [-0.1, -0.05) is 27.7 Å². The molecule has 1 aromatic rings. The maximum atomic E-state index is 12.9. The Labute approximate surface area is 96.5 Å². The predicted octanol–water partition coefficient (Wildman–Crippen LogP) is 3.33. The van der Waals surface area contributed by atoms with E-state index in [0.29, 0.717) is 17.9 Å². The van der Waals surface area contributed by atoms with E-state index in [-0.39, 0.29) is 5.41 Å². The van der Waals surface area contributed by atoms with Crippen LogP contribution in [0.4, 0.5) is 4.39 Å². The third kappa shape index (κ3) is 3.56. The van der Waals surface area contributed by atoms with Crippen LogP contribution in [0.1, 0.15) is 45.8 Å². The van der Waals surface area contributed by atoms with Gasteiger partial charge in [-0.15, -0.1) is 0 Å². The average Bonchev–Trinajstić information content (AvgIpc) is 2.16. The van der Waals surface area contributed by atoms with Gasteiger partial charge in [-0.25, -0.2) is 4.39 Å². The Balaban J connectivity index is 2.69. The highest BCUT2D eigenvalue weighted by atomic mass is 19.1. The van der Waals surface area contributed by atoms with Gasteiger partial charge in [0.05, 0.1) is 12.3 Å². The third-order valence-corrected chi connectivity index (χ3v) is 3.17. The molecule has 90 valence electrons. The van der Waals surface area contributed by atoms with Crippen LogP contribution in [-0.2, 0) is 0 Å². The number of nitrogens with zero attached hydrogens (tertiary/aromatic N) is 1. The molecule has 0 aliphatic heterocycles. The Bertz CT molecular complexity index is 346. The van der Waals surface area contributed by atoms with E-state index in [0.717, 1.165) is 6.20 Å². The van der Waals surface area contributed by atoms with Crippen LogP contribution in [0, 0.1) is 17.2 Å². The summed E-state index contributed by atoms with van der Waals surface area (Å²) < 4.78 is 12.9.